The number of rotatable bonds is 7. The minimum atomic E-state index is 0.0936. The number of anilines is 1. The zero-order valence-electron chi connectivity index (χ0n) is 14.8. The van der Waals surface area contributed by atoms with Gasteiger partial charge in [-0.2, -0.15) is 0 Å². The number of nitrogen functional groups attached to an aromatic ring is 1. The molecule has 2 aromatic carbocycles. The van der Waals surface area contributed by atoms with Crippen LogP contribution in [0.15, 0.2) is 42.5 Å². The summed E-state index contributed by atoms with van der Waals surface area (Å²) < 4.78 is 6.24. The molecule has 2 nitrogen and oxygen atoms in total. The van der Waals surface area contributed by atoms with Gasteiger partial charge in [0.05, 0.1) is 0 Å². The van der Waals surface area contributed by atoms with Crippen LogP contribution in [-0.2, 0) is 6.42 Å². The monoisotopic (exact) mass is 311 g/mol. The number of benzene rings is 2. The van der Waals surface area contributed by atoms with E-state index in [1.807, 2.05) is 25.1 Å². The highest BCUT2D eigenvalue weighted by Crippen LogP contribution is 2.28. The fourth-order valence-electron chi connectivity index (χ4n) is 2.78. The lowest BCUT2D eigenvalue weighted by molar-refractivity contribution is 0.193. The minimum absolute atomic E-state index is 0.0936. The standard InChI is InChI=1S/C21H29NO/c1-5-6-21(23-19-11-12-20(22)16(4)14-19)18-9-7-17(8-10-18)13-15(2)3/h7-12,14-15,21H,5-6,13,22H2,1-4H3. The highest BCUT2D eigenvalue weighted by Gasteiger charge is 2.13. The molecule has 0 aliphatic carbocycles. The summed E-state index contributed by atoms with van der Waals surface area (Å²) in [5, 5.41) is 0. The molecule has 0 aliphatic rings. The van der Waals surface area contributed by atoms with Crippen molar-refractivity contribution in [2.24, 2.45) is 5.92 Å². The molecule has 0 heterocycles. The van der Waals surface area contributed by atoms with E-state index < -0.39 is 0 Å². The van der Waals surface area contributed by atoms with Crippen molar-refractivity contribution >= 4 is 5.69 Å². The van der Waals surface area contributed by atoms with Gasteiger partial charge in [-0.05, 0) is 60.6 Å². The Hall–Kier alpha value is -1.96. The van der Waals surface area contributed by atoms with Gasteiger partial charge in [0, 0.05) is 5.69 Å². The van der Waals surface area contributed by atoms with Gasteiger partial charge in [-0.25, -0.2) is 0 Å². The van der Waals surface area contributed by atoms with E-state index >= 15 is 0 Å². The molecule has 0 fully saturated rings. The first-order chi connectivity index (χ1) is 11.0. The van der Waals surface area contributed by atoms with Gasteiger partial charge in [0.2, 0.25) is 0 Å². The van der Waals surface area contributed by atoms with Crippen molar-refractivity contribution in [3.05, 3.63) is 59.2 Å². The zero-order chi connectivity index (χ0) is 16.8. The van der Waals surface area contributed by atoms with Gasteiger partial charge in [0.15, 0.2) is 0 Å². The fourth-order valence-corrected chi connectivity index (χ4v) is 2.78. The maximum Gasteiger partial charge on any atom is 0.124 e. The average Bonchev–Trinajstić information content (AvgIpc) is 2.51. The van der Waals surface area contributed by atoms with E-state index in [4.69, 9.17) is 10.5 Å². The smallest absolute Gasteiger partial charge is 0.124 e. The predicted molar refractivity (Wildman–Crippen MR) is 98.9 cm³/mol. The number of hydrogen-bond acceptors (Lipinski definition) is 2. The number of hydrogen-bond donors (Lipinski definition) is 1. The topological polar surface area (TPSA) is 35.2 Å². The molecule has 0 radical (unpaired) electrons. The van der Waals surface area contributed by atoms with Crippen LogP contribution in [0.25, 0.3) is 0 Å². The lowest BCUT2D eigenvalue weighted by atomic mass is 9.99. The van der Waals surface area contributed by atoms with E-state index in [1.165, 1.54) is 11.1 Å². The first-order valence-corrected chi connectivity index (χ1v) is 8.61. The van der Waals surface area contributed by atoms with Crippen LogP contribution in [0.5, 0.6) is 5.75 Å². The van der Waals surface area contributed by atoms with E-state index in [2.05, 4.69) is 45.0 Å². The van der Waals surface area contributed by atoms with E-state index in [0.29, 0.717) is 5.92 Å². The Morgan fingerprint density at radius 2 is 1.74 bits per heavy atom. The Kier molecular flexibility index (Phi) is 6.09. The molecular formula is C21H29NO. The summed E-state index contributed by atoms with van der Waals surface area (Å²) in [6.07, 6.45) is 3.31. The normalized spacial score (nSPS) is 12.4. The molecule has 0 spiro atoms. The maximum atomic E-state index is 6.24. The van der Waals surface area contributed by atoms with Crippen molar-refractivity contribution in [3.8, 4) is 5.75 Å². The maximum absolute atomic E-state index is 6.24. The molecule has 0 aliphatic heterocycles. The third-order valence-corrected chi connectivity index (χ3v) is 4.07. The molecule has 2 N–H and O–H groups in total. The van der Waals surface area contributed by atoms with Gasteiger partial charge >= 0.3 is 0 Å². The summed E-state index contributed by atoms with van der Waals surface area (Å²) >= 11 is 0. The van der Waals surface area contributed by atoms with Gasteiger partial charge in [-0.15, -0.1) is 0 Å². The molecule has 124 valence electrons. The van der Waals surface area contributed by atoms with Gasteiger partial charge < -0.3 is 10.5 Å². The molecule has 23 heavy (non-hydrogen) atoms. The fraction of sp³-hybridized carbons (Fsp3) is 0.429. The van der Waals surface area contributed by atoms with Crippen molar-refractivity contribution in [3.63, 3.8) is 0 Å². The second-order valence-electron chi connectivity index (χ2n) is 6.75. The van der Waals surface area contributed by atoms with Gasteiger partial charge in [0.25, 0.3) is 0 Å². The Bertz CT molecular complexity index is 616. The van der Waals surface area contributed by atoms with Gasteiger partial charge in [-0.3, -0.25) is 0 Å². The van der Waals surface area contributed by atoms with Gasteiger partial charge in [-0.1, -0.05) is 51.5 Å². The summed E-state index contributed by atoms with van der Waals surface area (Å²) in [5.74, 6) is 1.57. The Labute approximate surface area is 140 Å². The second-order valence-corrected chi connectivity index (χ2v) is 6.75. The summed E-state index contributed by atoms with van der Waals surface area (Å²) in [4.78, 5) is 0. The van der Waals surface area contributed by atoms with Crippen LogP contribution in [0.3, 0.4) is 0 Å². The first kappa shape index (κ1) is 17.4. The van der Waals surface area contributed by atoms with Crippen LogP contribution >= 0.6 is 0 Å². The molecule has 0 saturated heterocycles. The van der Waals surface area contributed by atoms with Crippen molar-refractivity contribution in [1.29, 1.82) is 0 Å². The van der Waals surface area contributed by atoms with Crippen LogP contribution in [-0.4, -0.2) is 0 Å². The minimum Gasteiger partial charge on any atom is -0.486 e. The quantitative estimate of drug-likeness (QED) is 0.666. The van der Waals surface area contributed by atoms with Crippen LogP contribution in [0, 0.1) is 12.8 Å². The summed E-state index contributed by atoms with van der Waals surface area (Å²) in [6, 6.07) is 14.8. The molecule has 0 bridgehead atoms. The Morgan fingerprint density at radius 1 is 1.04 bits per heavy atom. The molecule has 2 heteroatoms. The lowest BCUT2D eigenvalue weighted by Gasteiger charge is -2.20. The number of nitrogens with two attached hydrogens (primary N) is 1. The van der Waals surface area contributed by atoms with Crippen LogP contribution in [0.2, 0.25) is 0 Å². The molecule has 2 aromatic rings. The molecular weight excluding hydrogens is 282 g/mol. The highest BCUT2D eigenvalue weighted by atomic mass is 16.5. The van der Waals surface area contributed by atoms with Crippen LogP contribution in [0.4, 0.5) is 5.69 Å². The van der Waals surface area contributed by atoms with E-state index in [1.54, 1.807) is 0 Å². The van der Waals surface area contributed by atoms with Crippen LogP contribution in [0.1, 0.15) is 56.4 Å². The van der Waals surface area contributed by atoms with Crippen molar-refractivity contribution in [2.75, 3.05) is 5.73 Å². The van der Waals surface area contributed by atoms with Crippen molar-refractivity contribution in [1.82, 2.24) is 0 Å². The van der Waals surface area contributed by atoms with Gasteiger partial charge in [0.1, 0.15) is 11.9 Å². The van der Waals surface area contributed by atoms with Crippen LogP contribution < -0.4 is 10.5 Å². The number of ether oxygens (including phenoxy) is 1. The molecule has 0 amide bonds. The third kappa shape index (κ3) is 5.02. The second kappa shape index (κ2) is 8.05. The SMILES string of the molecule is CCCC(Oc1ccc(N)c(C)c1)c1ccc(CC(C)C)cc1. The predicted octanol–water partition coefficient (Wildman–Crippen LogP) is 5.70. The third-order valence-electron chi connectivity index (χ3n) is 4.07. The largest absolute Gasteiger partial charge is 0.486 e. The first-order valence-electron chi connectivity index (χ1n) is 8.61. The average molecular weight is 311 g/mol. The Morgan fingerprint density at radius 3 is 2.30 bits per heavy atom. The summed E-state index contributed by atoms with van der Waals surface area (Å²) in [5.41, 5.74) is 10.4. The summed E-state index contributed by atoms with van der Waals surface area (Å²) in [7, 11) is 0. The van der Waals surface area contributed by atoms with E-state index in [0.717, 1.165) is 36.3 Å². The Balaban J connectivity index is 2.15. The molecule has 1 unspecified atom stereocenters. The van der Waals surface area contributed by atoms with E-state index in [9.17, 15) is 0 Å². The highest BCUT2D eigenvalue weighted by molar-refractivity contribution is 5.49. The molecule has 0 saturated carbocycles. The summed E-state index contributed by atoms with van der Waals surface area (Å²) in [6.45, 7) is 8.70. The molecule has 0 aromatic heterocycles. The molecule has 1 atom stereocenters. The molecule has 2 rings (SSSR count). The lowest BCUT2D eigenvalue weighted by Crippen LogP contribution is -2.08. The van der Waals surface area contributed by atoms with E-state index in [-0.39, 0.29) is 6.10 Å². The van der Waals surface area contributed by atoms with Crippen molar-refractivity contribution in [2.45, 2.75) is 53.1 Å². The zero-order valence-corrected chi connectivity index (χ0v) is 14.8. The van der Waals surface area contributed by atoms with Crippen molar-refractivity contribution < 1.29 is 4.74 Å². The number of aryl methyl sites for hydroxylation is 1.